The van der Waals surface area contributed by atoms with E-state index in [1.807, 2.05) is 23.1 Å². The monoisotopic (exact) mass is 273 g/mol. The maximum Gasteiger partial charge on any atom is 0.210 e. The van der Waals surface area contributed by atoms with Gasteiger partial charge in [0.15, 0.2) is 0 Å². The zero-order valence-corrected chi connectivity index (χ0v) is 12.6. The maximum absolute atomic E-state index is 11.3. The first kappa shape index (κ1) is 14.6. The summed E-state index contributed by atoms with van der Waals surface area (Å²) in [6, 6.07) is 8.19. The van der Waals surface area contributed by atoms with Crippen LogP contribution in [0.5, 0.6) is 5.75 Å². The molecule has 1 heterocycles. The Hall–Kier alpha value is -1.77. The summed E-state index contributed by atoms with van der Waals surface area (Å²) >= 11 is 0. The lowest BCUT2D eigenvalue weighted by molar-refractivity contribution is -0.123. The van der Waals surface area contributed by atoms with Gasteiger partial charge in [-0.2, -0.15) is 0 Å². The van der Waals surface area contributed by atoms with Gasteiger partial charge in [0.25, 0.3) is 0 Å². The Kier molecular flexibility index (Phi) is 4.17. The van der Waals surface area contributed by atoms with Gasteiger partial charge < -0.3 is 9.64 Å². The van der Waals surface area contributed by atoms with Crippen molar-refractivity contribution in [2.45, 2.75) is 32.7 Å². The first-order chi connectivity index (χ1) is 9.48. The smallest absolute Gasteiger partial charge is 0.210 e. The van der Waals surface area contributed by atoms with Crippen molar-refractivity contribution in [1.82, 2.24) is 4.90 Å². The van der Waals surface area contributed by atoms with Crippen molar-refractivity contribution in [3.05, 3.63) is 42.0 Å². The Labute approximate surface area is 121 Å². The second kappa shape index (κ2) is 5.70. The van der Waals surface area contributed by atoms with Crippen molar-refractivity contribution < 1.29 is 9.53 Å². The Balaban J connectivity index is 2.26. The molecule has 0 aromatic heterocycles. The molecule has 1 atom stereocenters. The van der Waals surface area contributed by atoms with Gasteiger partial charge in [-0.05, 0) is 30.5 Å². The van der Waals surface area contributed by atoms with Gasteiger partial charge in [0.1, 0.15) is 5.75 Å². The normalized spacial score (nSPS) is 21.6. The highest BCUT2D eigenvalue weighted by Crippen LogP contribution is 2.39. The van der Waals surface area contributed by atoms with Crippen LogP contribution in [0.4, 0.5) is 0 Å². The number of hydrogen-bond acceptors (Lipinski definition) is 2. The number of carbonyl (C=O) groups is 1. The molecule has 0 aliphatic carbocycles. The van der Waals surface area contributed by atoms with Gasteiger partial charge in [-0.1, -0.05) is 38.1 Å². The number of benzene rings is 1. The van der Waals surface area contributed by atoms with Crippen molar-refractivity contribution in [2.75, 3.05) is 13.7 Å². The fourth-order valence-corrected chi connectivity index (χ4v) is 2.91. The number of ether oxygens (including phenoxy) is 1. The summed E-state index contributed by atoms with van der Waals surface area (Å²) in [5, 5.41) is 0. The topological polar surface area (TPSA) is 29.5 Å². The summed E-state index contributed by atoms with van der Waals surface area (Å²) in [5.74, 6) is 0.854. The number of amides is 1. The van der Waals surface area contributed by atoms with Crippen molar-refractivity contribution in [1.29, 1.82) is 0 Å². The van der Waals surface area contributed by atoms with Crippen LogP contribution in [-0.2, 0) is 11.2 Å². The number of piperidine rings is 1. The van der Waals surface area contributed by atoms with Crippen molar-refractivity contribution in [3.8, 4) is 5.75 Å². The third-order valence-electron chi connectivity index (χ3n) is 4.51. The van der Waals surface area contributed by atoms with Crippen LogP contribution in [0.25, 0.3) is 0 Å². The van der Waals surface area contributed by atoms with Gasteiger partial charge in [0.05, 0.1) is 7.11 Å². The lowest BCUT2D eigenvalue weighted by atomic mass is 9.71. The molecule has 1 amide bonds. The lowest BCUT2D eigenvalue weighted by Gasteiger charge is -2.46. The van der Waals surface area contributed by atoms with E-state index in [0.717, 1.165) is 31.5 Å². The Morgan fingerprint density at radius 1 is 1.50 bits per heavy atom. The highest BCUT2D eigenvalue weighted by molar-refractivity contribution is 5.50. The molecule has 1 fully saturated rings. The lowest BCUT2D eigenvalue weighted by Crippen LogP contribution is -2.51. The third kappa shape index (κ3) is 2.72. The molecule has 1 aromatic rings. The summed E-state index contributed by atoms with van der Waals surface area (Å²) in [6.07, 6.45) is 2.68. The number of likely N-dealkylation sites (tertiary alicyclic amines) is 1. The summed E-state index contributed by atoms with van der Waals surface area (Å²) < 4.78 is 5.27. The summed E-state index contributed by atoms with van der Waals surface area (Å²) in [4.78, 5) is 13.3. The van der Waals surface area contributed by atoms with Crippen molar-refractivity contribution >= 4 is 6.41 Å². The van der Waals surface area contributed by atoms with E-state index in [1.54, 1.807) is 7.11 Å². The molecule has 1 aromatic carbocycles. The van der Waals surface area contributed by atoms with Gasteiger partial charge in [-0.15, -0.1) is 0 Å². The maximum atomic E-state index is 11.3. The molecule has 0 spiro atoms. The van der Waals surface area contributed by atoms with Crippen LogP contribution in [0.2, 0.25) is 0 Å². The van der Waals surface area contributed by atoms with E-state index in [1.165, 1.54) is 11.1 Å². The molecule has 3 nitrogen and oxygen atoms in total. The largest absolute Gasteiger partial charge is 0.497 e. The van der Waals surface area contributed by atoms with Gasteiger partial charge >= 0.3 is 0 Å². The van der Waals surface area contributed by atoms with Crippen LogP contribution in [0.15, 0.2) is 36.4 Å². The summed E-state index contributed by atoms with van der Waals surface area (Å²) in [5.41, 5.74) is 2.34. The molecule has 3 heteroatoms. The van der Waals surface area contributed by atoms with Crippen LogP contribution < -0.4 is 4.74 Å². The molecule has 0 unspecified atom stereocenters. The molecule has 20 heavy (non-hydrogen) atoms. The molecule has 2 rings (SSSR count). The second-order valence-electron chi connectivity index (χ2n) is 5.99. The molecule has 0 saturated carbocycles. The number of rotatable bonds is 4. The van der Waals surface area contributed by atoms with Crippen molar-refractivity contribution in [2.24, 2.45) is 5.41 Å². The fraction of sp³-hybridized carbons (Fsp3) is 0.471. The number of nitrogens with zero attached hydrogens (tertiary/aromatic N) is 1. The SMILES string of the molecule is C=C1CCN(C=O)[C@H](Cc2cccc(OC)c2)C1(C)C. The van der Waals surface area contributed by atoms with Gasteiger partial charge in [-0.25, -0.2) is 0 Å². The molecule has 0 radical (unpaired) electrons. The standard InChI is InChI=1S/C17H23NO2/c1-13-8-9-18(12-19)16(17(13,2)3)11-14-6-5-7-15(10-14)20-4/h5-7,10,12,16H,1,8-9,11H2,2-4H3/t16-/m1/s1. The summed E-state index contributed by atoms with van der Waals surface area (Å²) in [7, 11) is 1.67. The van der Waals surface area contributed by atoms with Crippen LogP contribution >= 0.6 is 0 Å². The van der Waals surface area contributed by atoms with E-state index < -0.39 is 0 Å². The Morgan fingerprint density at radius 3 is 2.90 bits per heavy atom. The van der Waals surface area contributed by atoms with E-state index >= 15 is 0 Å². The summed E-state index contributed by atoms with van der Waals surface area (Å²) in [6.45, 7) is 9.31. The molecular weight excluding hydrogens is 250 g/mol. The molecule has 0 bridgehead atoms. The first-order valence-electron chi connectivity index (χ1n) is 7.01. The van der Waals surface area contributed by atoms with E-state index in [4.69, 9.17) is 4.74 Å². The fourth-order valence-electron chi connectivity index (χ4n) is 2.91. The number of hydrogen-bond donors (Lipinski definition) is 0. The van der Waals surface area contributed by atoms with Gasteiger partial charge in [0.2, 0.25) is 6.41 Å². The number of methoxy groups -OCH3 is 1. The number of carbonyl (C=O) groups excluding carboxylic acids is 1. The molecular formula is C17H23NO2. The van der Waals surface area contributed by atoms with E-state index in [2.05, 4.69) is 26.5 Å². The minimum atomic E-state index is -0.0672. The molecule has 1 saturated heterocycles. The average molecular weight is 273 g/mol. The van der Waals surface area contributed by atoms with Crippen LogP contribution in [0.1, 0.15) is 25.8 Å². The molecule has 1 aliphatic rings. The third-order valence-corrected chi connectivity index (χ3v) is 4.51. The highest BCUT2D eigenvalue weighted by atomic mass is 16.5. The van der Waals surface area contributed by atoms with Gasteiger partial charge in [0, 0.05) is 18.0 Å². The molecule has 108 valence electrons. The first-order valence-corrected chi connectivity index (χ1v) is 7.01. The Bertz CT molecular complexity index is 507. The molecule has 0 N–H and O–H groups in total. The Morgan fingerprint density at radius 2 is 2.25 bits per heavy atom. The average Bonchev–Trinajstić information content (AvgIpc) is 2.45. The van der Waals surface area contributed by atoms with Crippen molar-refractivity contribution in [3.63, 3.8) is 0 Å². The predicted molar refractivity (Wildman–Crippen MR) is 80.8 cm³/mol. The van der Waals surface area contributed by atoms with Gasteiger partial charge in [-0.3, -0.25) is 4.79 Å². The van der Waals surface area contributed by atoms with E-state index in [9.17, 15) is 4.79 Å². The highest BCUT2D eigenvalue weighted by Gasteiger charge is 2.39. The van der Waals surface area contributed by atoms with Crippen LogP contribution in [0.3, 0.4) is 0 Å². The zero-order valence-electron chi connectivity index (χ0n) is 12.6. The minimum Gasteiger partial charge on any atom is -0.497 e. The quantitative estimate of drug-likeness (QED) is 0.623. The van der Waals surface area contributed by atoms with E-state index in [0.29, 0.717) is 0 Å². The van der Waals surface area contributed by atoms with Crippen LogP contribution in [-0.4, -0.2) is 31.0 Å². The predicted octanol–water partition coefficient (Wildman–Crippen LogP) is 3.05. The van der Waals surface area contributed by atoms with Crippen LogP contribution in [0, 0.1) is 5.41 Å². The molecule has 1 aliphatic heterocycles. The minimum absolute atomic E-state index is 0.0672. The van der Waals surface area contributed by atoms with E-state index in [-0.39, 0.29) is 11.5 Å². The zero-order chi connectivity index (χ0) is 14.8. The second-order valence-corrected chi connectivity index (χ2v) is 5.99.